The summed E-state index contributed by atoms with van der Waals surface area (Å²) in [5.41, 5.74) is 3.23. The molecule has 5 heteroatoms. The fourth-order valence-electron chi connectivity index (χ4n) is 4.33. The fraction of sp³-hybridized carbons (Fsp3) is 0.414. The van der Waals surface area contributed by atoms with E-state index in [9.17, 15) is 15.0 Å². The van der Waals surface area contributed by atoms with Gasteiger partial charge in [0, 0.05) is 31.8 Å². The third-order valence-electron chi connectivity index (χ3n) is 6.20. The van der Waals surface area contributed by atoms with Gasteiger partial charge in [-0.15, -0.1) is 0 Å². The first kappa shape index (κ1) is 25.4. The lowest BCUT2D eigenvalue weighted by atomic mass is 9.75. The SMILES string of the molecule is Cc1cc(O)c(C(c2ccc(N(C)C)cc2)c2cc(C(C)(C)C)c(O)c(C(C)(C)C)c2)c(=O)o1. The number of benzene rings is 2. The Bertz CT molecular complexity index is 1200. The van der Waals surface area contributed by atoms with E-state index in [1.165, 1.54) is 6.07 Å². The lowest BCUT2D eigenvalue weighted by Crippen LogP contribution is -2.21. The maximum absolute atomic E-state index is 13.1. The van der Waals surface area contributed by atoms with Gasteiger partial charge in [-0.2, -0.15) is 0 Å². The Labute approximate surface area is 202 Å². The Morgan fingerprint density at radius 2 is 1.32 bits per heavy atom. The van der Waals surface area contributed by atoms with Gasteiger partial charge in [-0.05, 0) is 52.1 Å². The van der Waals surface area contributed by atoms with Crippen molar-refractivity contribution in [3.05, 3.63) is 86.5 Å². The van der Waals surface area contributed by atoms with E-state index in [4.69, 9.17) is 4.42 Å². The van der Waals surface area contributed by atoms with Crippen LogP contribution in [0.3, 0.4) is 0 Å². The van der Waals surface area contributed by atoms with E-state index in [1.54, 1.807) is 6.92 Å². The number of hydrogen-bond acceptors (Lipinski definition) is 5. The average molecular weight is 464 g/mol. The summed E-state index contributed by atoms with van der Waals surface area (Å²) in [5, 5.41) is 22.1. The van der Waals surface area contributed by atoms with Crippen LogP contribution < -0.4 is 10.5 Å². The third kappa shape index (κ3) is 4.98. The van der Waals surface area contributed by atoms with Crippen molar-refractivity contribution in [1.29, 1.82) is 0 Å². The lowest BCUT2D eigenvalue weighted by Gasteiger charge is -2.30. The first-order valence-corrected chi connectivity index (χ1v) is 11.6. The van der Waals surface area contributed by atoms with Crippen molar-refractivity contribution in [2.75, 3.05) is 19.0 Å². The molecule has 5 nitrogen and oxygen atoms in total. The average Bonchev–Trinajstić information content (AvgIpc) is 2.69. The number of phenols is 1. The molecule has 0 aliphatic heterocycles. The highest BCUT2D eigenvalue weighted by Crippen LogP contribution is 2.44. The van der Waals surface area contributed by atoms with E-state index in [2.05, 4.69) is 41.5 Å². The number of rotatable bonds is 4. The third-order valence-corrected chi connectivity index (χ3v) is 6.20. The number of aromatic hydroxyl groups is 2. The summed E-state index contributed by atoms with van der Waals surface area (Å²) >= 11 is 0. The minimum absolute atomic E-state index is 0.0990. The normalized spacial score (nSPS) is 13.1. The molecule has 1 aromatic heterocycles. The van der Waals surface area contributed by atoms with Gasteiger partial charge in [0.2, 0.25) is 0 Å². The van der Waals surface area contributed by atoms with Crippen LogP contribution in [0.4, 0.5) is 5.69 Å². The predicted molar refractivity (Wildman–Crippen MR) is 139 cm³/mol. The molecule has 0 saturated heterocycles. The molecule has 1 unspecified atom stereocenters. The van der Waals surface area contributed by atoms with Crippen LogP contribution in [0.2, 0.25) is 0 Å². The topological polar surface area (TPSA) is 73.9 Å². The summed E-state index contributed by atoms with van der Waals surface area (Å²) in [7, 11) is 3.94. The second-order valence-corrected chi connectivity index (χ2v) is 11.3. The van der Waals surface area contributed by atoms with E-state index >= 15 is 0 Å². The van der Waals surface area contributed by atoms with Crippen molar-refractivity contribution >= 4 is 5.69 Å². The minimum Gasteiger partial charge on any atom is -0.507 e. The van der Waals surface area contributed by atoms with Gasteiger partial charge in [0.15, 0.2) is 0 Å². The number of hydrogen-bond donors (Lipinski definition) is 2. The van der Waals surface area contributed by atoms with Crippen LogP contribution in [-0.2, 0) is 10.8 Å². The molecule has 0 saturated carbocycles. The maximum Gasteiger partial charge on any atom is 0.343 e. The zero-order valence-corrected chi connectivity index (χ0v) is 21.8. The number of anilines is 1. The zero-order chi connectivity index (χ0) is 25.6. The molecule has 3 aromatic rings. The molecule has 0 fully saturated rings. The number of nitrogens with zero attached hydrogens (tertiary/aromatic N) is 1. The van der Waals surface area contributed by atoms with E-state index in [0.717, 1.165) is 27.9 Å². The monoisotopic (exact) mass is 463 g/mol. The molecule has 1 atom stereocenters. The molecular weight excluding hydrogens is 426 g/mol. The quantitative estimate of drug-likeness (QED) is 0.482. The van der Waals surface area contributed by atoms with Gasteiger partial charge in [-0.3, -0.25) is 0 Å². The Balaban J connectivity index is 2.41. The van der Waals surface area contributed by atoms with E-state index in [1.807, 2.05) is 55.4 Å². The van der Waals surface area contributed by atoms with Crippen molar-refractivity contribution in [2.24, 2.45) is 0 Å². The molecule has 2 N–H and O–H groups in total. The Morgan fingerprint density at radius 3 is 1.74 bits per heavy atom. The molecular formula is C29H37NO4. The largest absolute Gasteiger partial charge is 0.507 e. The fourth-order valence-corrected chi connectivity index (χ4v) is 4.33. The first-order valence-electron chi connectivity index (χ1n) is 11.6. The zero-order valence-electron chi connectivity index (χ0n) is 21.8. The van der Waals surface area contributed by atoms with Gasteiger partial charge < -0.3 is 19.5 Å². The van der Waals surface area contributed by atoms with Crippen LogP contribution >= 0.6 is 0 Å². The molecule has 2 aromatic carbocycles. The molecule has 0 aliphatic carbocycles. The van der Waals surface area contributed by atoms with Gasteiger partial charge in [0.1, 0.15) is 17.3 Å². The highest BCUT2D eigenvalue weighted by molar-refractivity contribution is 5.57. The molecule has 1 heterocycles. The summed E-state index contributed by atoms with van der Waals surface area (Å²) in [4.78, 5) is 15.1. The predicted octanol–water partition coefficient (Wildman–Crippen LogP) is 6.20. The summed E-state index contributed by atoms with van der Waals surface area (Å²) in [6, 6.07) is 13.3. The highest BCUT2D eigenvalue weighted by atomic mass is 16.4. The Morgan fingerprint density at radius 1 is 0.824 bits per heavy atom. The van der Waals surface area contributed by atoms with Crippen molar-refractivity contribution in [3.63, 3.8) is 0 Å². The molecule has 0 bridgehead atoms. The van der Waals surface area contributed by atoms with Crippen LogP contribution in [0.5, 0.6) is 11.5 Å². The number of phenolic OH excluding ortho intramolecular Hbond substituents is 1. The van der Waals surface area contributed by atoms with E-state index in [0.29, 0.717) is 5.76 Å². The van der Waals surface area contributed by atoms with Crippen LogP contribution in [0.1, 0.15) is 81.0 Å². The second-order valence-electron chi connectivity index (χ2n) is 11.3. The van der Waals surface area contributed by atoms with Crippen LogP contribution in [0, 0.1) is 6.92 Å². The number of aryl methyl sites for hydroxylation is 1. The molecule has 34 heavy (non-hydrogen) atoms. The summed E-state index contributed by atoms with van der Waals surface area (Å²) in [6.45, 7) is 14.0. The van der Waals surface area contributed by atoms with E-state index < -0.39 is 11.5 Å². The molecule has 3 rings (SSSR count). The highest BCUT2D eigenvalue weighted by Gasteiger charge is 2.31. The van der Waals surface area contributed by atoms with Crippen molar-refractivity contribution in [3.8, 4) is 11.5 Å². The van der Waals surface area contributed by atoms with Gasteiger partial charge >= 0.3 is 5.63 Å². The summed E-state index contributed by atoms with van der Waals surface area (Å²) in [5.74, 6) is -0.0518. The van der Waals surface area contributed by atoms with Crippen molar-refractivity contribution in [1.82, 2.24) is 0 Å². The van der Waals surface area contributed by atoms with Crippen LogP contribution in [0.15, 0.2) is 51.7 Å². The summed E-state index contributed by atoms with van der Waals surface area (Å²) < 4.78 is 5.42. The Hall–Kier alpha value is -3.21. The van der Waals surface area contributed by atoms with Gasteiger partial charge in [-0.1, -0.05) is 65.8 Å². The molecule has 182 valence electrons. The van der Waals surface area contributed by atoms with E-state index in [-0.39, 0.29) is 27.9 Å². The lowest BCUT2D eigenvalue weighted by molar-refractivity contribution is 0.419. The van der Waals surface area contributed by atoms with Crippen molar-refractivity contribution in [2.45, 2.75) is 65.2 Å². The molecule has 0 radical (unpaired) electrons. The minimum atomic E-state index is -0.573. The van der Waals surface area contributed by atoms with Crippen LogP contribution in [0.25, 0.3) is 0 Å². The Kier molecular flexibility index (Phi) is 6.62. The molecule has 0 amide bonds. The van der Waals surface area contributed by atoms with Crippen molar-refractivity contribution < 1.29 is 14.6 Å². The van der Waals surface area contributed by atoms with Gasteiger partial charge in [0.05, 0.1) is 5.56 Å². The van der Waals surface area contributed by atoms with Crippen LogP contribution in [-0.4, -0.2) is 24.3 Å². The first-order chi connectivity index (χ1) is 15.6. The second kappa shape index (κ2) is 8.86. The standard InChI is InChI=1S/C29H37NO4/c1-17-14-23(31)25(27(33)34-17)24(18-10-12-20(13-11-18)30(8)9)19-15-21(28(2,3)4)26(32)22(16-19)29(5,6)7/h10-16,24,31-32H,1-9H3. The maximum atomic E-state index is 13.1. The smallest absolute Gasteiger partial charge is 0.343 e. The molecule has 0 aliphatic rings. The molecule has 0 spiro atoms. The van der Waals surface area contributed by atoms with Gasteiger partial charge in [0.25, 0.3) is 0 Å². The van der Waals surface area contributed by atoms with Gasteiger partial charge in [-0.25, -0.2) is 4.79 Å². The summed E-state index contributed by atoms with van der Waals surface area (Å²) in [6.07, 6.45) is 0.